The van der Waals surface area contributed by atoms with E-state index in [9.17, 15) is 14.4 Å². The van der Waals surface area contributed by atoms with Crippen LogP contribution in [0, 0.1) is 5.92 Å². The van der Waals surface area contributed by atoms with Gasteiger partial charge in [0.15, 0.2) is 0 Å². The van der Waals surface area contributed by atoms with Gasteiger partial charge >= 0.3 is 5.97 Å². The van der Waals surface area contributed by atoms with Gasteiger partial charge in [-0.2, -0.15) is 0 Å². The molecule has 0 aromatic heterocycles. The molecular formula is C16H19NO4. The van der Waals surface area contributed by atoms with Gasteiger partial charge in [-0.05, 0) is 30.9 Å². The molecule has 0 saturated carbocycles. The molecule has 0 fully saturated rings. The second kappa shape index (κ2) is 6.52. The molecule has 1 aromatic rings. The zero-order valence-electron chi connectivity index (χ0n) is 12.3. The van der Waals surface area contributed by atoms with E-state index in [4.69, 9.17) is 0 Å². The van der Waals surface area contributed by atoms with Gasteiger partial charge in [0, 0.05) is 13.0 Å². The fraction of sp³-hybridized carbons (Fsp3) is 0.438. The number of carbonyl (C=O) groups excluding carboxylic acids is 3. The number of hydrogen-bond donors (Lipinski definition) is 0. The number of benzene rings is 1. The molecule has 2 amide bonds. The molecule has 0 unspecified atom stereocenters. The molecule has 112 valence electrons. The average Bonchev–Trinajstić information content (AvgIpc) is 2.75. The molecule has 0 bridgehead atoms. The van der Waals surface area contributed by atoms with Gasteiger partial charge in [-0.3, -0.25) is 19.3 Å². The van der Waals surface area contributed by atoms with Crippen LogP contribution in [0.15, 0.2) is 24.3 Å². The molecule has 0 N–H and O–H groups in total. The molecule has 0 saturated heterocycles. The van der Waals surface area contributed by atoms with E-state index in [-0.39, 0.29) is 23.7 Å². The first kappa shape index (κ1) is 15.2. The van der Waals surface area contributed by atoms with Gasteiger partial charge in [0.25, 0.3) is 11.8 Å². The number of nitrogens with zero attached hydrogens (tertiary/aromatic N) is 1. The predicted molar refractivity (Wildman–Crippen MR) is 76.8 cm³/mol. The molecule has 0 aliphatic carbocycles. The smallest absolute Gasteiger partial charge is 0.305 e. The third-order valence-corrected chi connectivity index (χ3v) is 3.79. The third-order valence-electron chi connectivity index (χ3n) is 3.79. The number of amides is 2. The standard InChI is InChI=1S/C16H19NO4/c1-11(7-8-14(18)21-2)9-10-17-15(19)12-5-3-4-6-13(12)16(17)20/h3-6,11H,7-10H2,1-2H3/t11-/m0/s1. The van der Waals surface area contributed by atoms with Gasteiger partial charge in [-0.25, -0.2) is 0 Å². The first-order chi connectivity index (χ1) is 10.0. The number of fused-ring (bicyclic) bond motifs is 1. The summed E-state index contributed by atoms with van der Waals surface area (Å²) in [6, 6.07) is 6.87. The van der Waals surface area contributed by atoms with Crippen LogP contribution in [0.5, 0.6) is 0 Å². The third kappa shape index (κ3) is 3.29. The molecule has 21 heavy (non-hydrogen) atoms. The number of ether oxygens (including phenoxy) is 1. The lowest BCUT2D eigenvalue weighted by Gasteiger charge is -2.17. The summed E-state index contributed by atoms with van der Waals surface area (Å²) in [4.78, 5) is 36.7. The second-order valence-electron chi connectivity index (χ2n) is 5.32. The fourth-order valence-electron chi connectivity index (χ4n) is 2.40. The van der Waals surface area contributed by atoms with Crippen LogP contribution < -0.4 is 0 Å². The molecule has 5 nitrogen and oxygen atoms in total. The molecule has 0 radical (unpaired) electrons. The Morgan fingerprint density at radius 2 is 1.71 bits per heavy atom. The summed E-state index contributed by atoms with van der Waals surface area (Å²) in [5.41, 5.74) is 0.953. The summed E-state index contributed by atoms with van der Waals surface area (Å²) in [5.74, 6) is -0.442. The zero-order valence-corrected chi connectivity index (χ0v) is 12.3. The summed E-state index contributed by atoms with van der Waals surface area (Å²) in [6.45, 7) is 2.38. The van der Waals surface area contributed by atoms with E-state index in [0.717, 1.165) is 0 Å². The number of imide groups is 1. The van der Waals surface area contributed by atoms with E-state index in [0.29, 0.717) is 36.9 Å². The highest BCUT2D eigenvalue weighted by atomic mass is 16.5. The van der Waals surface area contributed by atoms with Gasteiger partial charge in [0.2, 0.25) is 0 Å². The highest BCUT2D eigenvalue weighted by Crippen LogP contribution is 2.23. The Kier molecular flexibility index (Phi) is 4.73. The van der Waals surface area contributed by atoms with Crippen LogP contribution in [-0.4, -0.2) is 36.3 Å². The van der Waals surface area contributed by atoms with Crippen LogP contribution in [-0.2, 0) is 9.53 Å². The van der Waals surface area contributed by atoms with E-state index >= 15 is 0 Å². The molecule has 1 heterocycles. The van der Waals surface area contributed by atoms with E-state index in [1.807, 2.05) is 6.92 Å². The van der Waals surface area contributed by atoms with Crippen molar-refractivity contribution in [1.29, 1.82) is 0 Å². The lowest BCUT2D eigenvalue weighted by molar-refractivity contribution is -0.140. The normalized spacial score (nSPS) is 15.0. The average molecular weight is 289 g/mol. The van der Waals surface area contributed by atoms with E-state index in [1.165, 1.54) is 12.0 Å². The van der Waals surface area contributed by atoms with E-state index < -0.39 is 0 Å². The summed E-state index contributed by atoms with van der Waals surface area (Å²) in [6.07, 6.45) is 1.73. The Hall–Kier alpha value is -2.17. The molecule has 5 heteroatoms. The molecule has 1 atom stereocenters. The number of methoxy groups -OCH3 is 1. The van der Waals surface area contributed by atoms with Crippen molar-refractivity contribution in [3.8, 4) is 0 Å². The fourth-order valence-corrected chi connectivity index (χ4v) is 2.40. The Bertz CT molecular complexity index is 532. The van der Waals surface area contributed by atoms with Gasteiger partial charge in [-0.15, -0.1) is 0 Å². The van der Waals surface area contributed by atoms with Crippen LogP contribution in [0.1, 0.15) is 46.9 Å². The Morgan fingerprint density at radius 1 is 1.14 bits per heavy atom. The quantitative estimate of drug-likeness (QED) is 0.595. The Labute approximate surface area is 123 Å². The van der Waals surface area contributed by atoms with Gasteiger partial charge in [0.05, 0.1) is 18.2 Å². The van der Waals surface area contributed by atoms with E-state index in [1.54, 1.807) is 24.3 Å². The summed E-state index contributed by atoms with van der Waals surface area (Å²) < 4.78 is 4.60. The summed E-state index contributed by atoms with van der Waals surface area (Å²) >= 11 is 0. The molecule has 2 rings (SSSR count). The van der Waals surface area contributed by atoms with Crippen LogP contribution in [0.25, 0.3) is 0 Å². The topological polar surface area (TPSA) is 63.7 Å². The minimum atomic E-state index is -0.234. The molecule has 0 spiro atoms. The molecule has 1 aliphatic heterocycles. The van der Waals surface area contributed by atoms with Gasteiger partial charge in [-0.1, -0.05) is 19.1 Å². The predicted octanol–water partition coefficient (Wildman–Crippen LogP) is 2.26. The number of rotatable bonds is 6. The first-order valence-electron chi connectivity index (χ1n) is 7.06. The van der Waals surface area contributed by atoms with Crippen molar-refractivity contribution in [1.82, 2.24) is 4.90 Å². The SMILES string of the molecule is COC(=O)CC[C@H](C)CCN1C(=O)c2ccccc2C1=O. The maximum absolute atomic E-state index is 12.2. The Morgan fingerprint density at radius 3 is 2.24 bits per heavy atom. The van der Waals surface area contributed by atoms with Crippen molar-refractivity contribution in [3.05, 3.63) is 35.4 Å². The van der Waals surface area contributed by atoms with Crippen molar-refractivity contribution < 1.29 is 19.1 Å². The maximum atomic E-state index is 12.2. The first-order valence-corrected chi connectivity index (χ1v) is 7.06. The largest absolute Gasteiger partial charge is 0.469 e. The minimum Gasteiger partial charge on any atom is -0.469 e. The highest BCUT2D eigenvalue weighted by molar-refractivity contribution is 6.21. The lowest BCUT2D eigenvalue weighted by Crippen LogP contribution is -2.31. The second-order valence-corrected chi connectivity index (χ2v) is 5.32. The lowest BCUT2D eigenvalue weighted by atomic mass is 10.0. The Balaban J connectivity index is 1.89. The zero-order chi connectivity index (χ0) is 15.4. The monoisotopic (exact) mass is 289 g/mol. The van der Waals surface area contributed by atoms with Gasteiger partial charge in [0.1, 0.15) is 0 Å². The van der Waals surface area contributed by atoms with Crippen LogP contribution in [0.3, 0.4) is 0 Å². The minimum absolute atomic E-state index is 0.226. The summed E-state index contributed by atoms with van der Waals surface area (Å²) in [7, 11) is 1.37. The van der Waals surface area contributed by atoms with Crippen molar-refractivity contribution in [2.75, 3.05) is 13.7 Å². The van der Waals surface area contributed by atoms with Crippen LogP contribution >= 0.6 is 0 Å². The van der Waals surface area contributed by atoms with Crippen molar-refractivity contribution in [2.45, 2.75) is 26.2 Å². The number of esters is 1. The van der Waals surface area contributed by atoms with Gasteiger partial charge < -0.3 is 4.74 Å². The maximum Gasteiger partial charge on any atom is 0.305 e. The molecule has 1 aromatic carbocycles. The van der Waals surface area contributed by atoms with Crippen molar-refractivity contribution in [2.24, 2.45) is 5.92 Å². The number of carbonyl (C=O) groups is 3. The molecular weight excluding hydrogens is 270 g/mol. The number of hydrogen-bond acceptors (Lipinski definition) is 4. The summed E-state index contributed by atoms with van der Waals surface area (Å²) in [5, 5.41) is 0. The van der Waals surface area contributed by atoms with Crippen molar-refractivity contribution in [3.63, 3.8) is 0 Å². The van der Waals surface area contributed by atoms with E-state index in [2.05, 4.69) is 4.74 Å². The van der Waals surface area contributed by atoms with Crippen LogP contribution in [0.2, 0.25) is 0 Å². The van der Waals surface area contributed by atoms with Crippen LogP contribution in [0.4, 0.5) is 0 Å². The highest BCUT2D eigenvalue weighted by Gasteiger charge is 2.34. The van der Waals surface area contributed by atoms with Crippen molar-refractivity contribution >= 4 is 17.8 Å². The molecule has 1 aliphatic rings.